The number of nitrogens with one attached hydrogen (secondary N) is 2. The monoisotopic (exact) mass is 369 g/mol. The van der Waals surface area contributed by atoms with Crippen molar-refractivity contribution < 1.29 is 19.4 Å². The molecule has 4 rings (SSSR count). The van der Waals surface area contributed by atoms with Crippen molar-refractivity contribution in [2.45, 2.75) is 6.92 Å². The number of rotatable bonds is 4. The fraction of sp³-hybridized carbons (Fsp3) is 0.111. The normalized spacial score (nSPS) is 12.0. The average molecular weight is 369 g/mol. The first kappa shape index (κ1) is 16.2. The summed E-state index contributed by atoms with van der Waals surface area (Å²) in [6, 6.07) is 10.3. The zero-order valence-corrected chi connectivity index (χ0v) is 14.6. The number of nitrogens with zero attached hydrogens (tertiary/aromatic N) is 1. The van der Waals surface area contributed by atoms with E-state index < -0.39 is 0 Å². The van der Waals surface area contributed by atoms with E-state index in [0.29, 0.717) is 28.0 Å². The molecule has 0 radical (unpaired) electrons. The maximum Gasteiger partial charge on any atom is 0.275 e. The molecule has 8 heteroatoms. The predicted molar refractivity (Wildman–Crippen MR) is 98.8 cm³/mol. The molecule has 0 fully saturated rings. The Balaban J connectivity index is 1.46. The molecule has 0 bridgehead atoms. The van der Waals surface area contributed by atoms with Gasteiger partial charge in [-0.3, -0.25) is 4.79 Å². The van der Waals surface area contributed by atoms with Gasteiger partial charge in [0, 0.05) is 22.8 Å². The van der Waals surface area contributed by atoms with Crippen molar-refractivity contribution >= 4 is 33.8 Å². The van der Waals surface area contributed by atoms with E-state index in [2.05, 4.69) is 15.6 Å². The van der Waals surface area contributed by atoms with Crippen LogP contribution in [0, 0.1) is 6.92 Å². The number of aryl methyl sites for hydroxylation is 1. The summed E-state index contributed by atoms with van der Waals surface area (Å²) in [5.41, 5.74) is 2.51. The number of anilines is 3. The van der Waals surface area contributed by atoms with Gasteiger partial charge in [0.05, 0.1) is 0 Å². The Bertz CT molecular complexity index is 986. The van der Waals surface area contributed by atoms with Crippen molar-refractivity contribution in [3.63, 3.8) is 0 Å². The summed E-state index contributed by atoms with van der Waals surface area (Å²) in [5, 5.41) is 17.7. The van der Waals surface area contributed by atoms with E-state index in [0.717, 1.165) is 11.3 Å². The lowest BCUT2D eigenvalue weighted by molar-refractivity contribution is 0.102. The Morgan fingerprint density at radius 3 is 2.88 bits per heavy atom. The molecule has 0 spiro atoms. The molecule has 1 amide bonds. The zero-order valence-electron chi connectivity index (χ0n) is 13.8. The maximum absolute atomic E-state index is 12.4. The van der Waals surface area contributed by atoms with Gasteiger partial charge in [-0.2, -0.15) is 0 Å². The summed E-state index contributed by atoms with van der Waals surface area (Å²) in [5.74, 6) is 1.23. The highest BCUT2D eigenvalue weighted by Crippen LogP contribution is 2.35. The number of benzene rings is 2. The molecule has 1 aliphatic rings. The molecular weight excluding hydrogens is 354 g/mol. The summed E-state index contributed by atoms with van der Waals surface area (Å²) in [7, 11) is 0. The summed E-state index contributed by atoms with van der Waals surface area (Å²) in [6.45, 7) is 2.03. The van der Waals surface area contributed by atoms with E-state index in [4.69, 9.17) is 9.47 Å². The molecular formula is C18H15N3O4S. The predicted octanol–water partition coefficient (Wildman–Crippen LogP) is 3.88. The number of aromatic nitrogens is 1. The minimum atomic E-state index is -0.311. The number of amides is 1. The van der Waals surface area contributed by atoms with Crippen LogP contribution in [0.15, 0.2) is 41.8 Å². The third-order valence-electron chi connectivity index (χ3n) is 3.82. The maximum atomic E-state index is 12.4. The third-order valence-corrected chi connectivity index (χ3v) is 4.58. The lowest BCUT2D eigenvalue weighted by Gasteiger charge is -2.07. The van der Waals surface area contributed by atoms with Gasteiger partial charge in [0.25, 0.3) is 5.91 Å². The van der Waals surface area contributed by atoms with Crippen LogP contribution < -0.4 is 20.1 Å². The van der Waals surface area contributed by atoms with E-state index in [9.17, 15) is 9.90 Å². The average Bonchev–Trinajstić information content (AvgIpc) is 3.26. The van der Waals surface area contributed by atoms with E-state index in [-0.39, 0.29) is 18.4 Å². The number of phenols is 1. The molecule has 26 heavy (non-hydrogen) atoms. The van der Waals surface area contributed by atoms with Crippen molar-refractivity contribution in [3.8, 4) is 17.2 Å². The number of aromatic hydroxyl groups is 1. The van der Waals surface area contributed by atoms with Crippen LogP contribution in [0.4, 0.5) is 16.5 Å². The lowest BCUT2D eigenvalue weighted by atomic mass is 10.2. The van der Waals surface area contributed by atoms with Crippen molar-refractivity contribution in [2.24, 2.45) is 0 Å². The standard InChI is InChI=1S/C18H15N3O4S/c1-10-6-12(22)3-4-13(10)20-17(23)14-8-26-18(21-14)19-11-2-5-15-16(7-11)25-9-24-15/h2-8,22H,9H2,1H3,(H,19,21)(H,20,23). The minimum absolute atomic E-state index is 0.157. The number of fused-ring (bicyclic) bond motifs is 1. The number of carbonyl (C=O) groups is 1. The topological polar surface area (TPSA) is 92.7 Å². The first-order chi connectivity index (χ1) is 12.6. The van der Waals surface area contributed by atoms with Crippen LogP contribution in [0.5, 0.6) is 17.2 Å². The largest absolute Gasteiger partial charge is 0.508 e. The molecule has 132 valence electrons. The second-order valence-electron chi connectivity index (χ2n) is 5.68. The Hall–Kier alpha value is -3.26. The van der Waals surface area contributed by atoms with Gasteiger partial charge >= 0.3 is 0 Å². The van der Waals surface area contributed by atoms with Gasteiger partial charge in [-0.1, -0.05) is 0 Å². The van der Waals surface area contributed by atoms with Crippen LogP contribution in [0.25, 0.3) is 0 Å². The Morgan fingerprint density at radius 1 is 1.19 bits per heavy atom. The molecule has 0 saturated heterocycles. The van der Waals surface area contributed by atoms with E-state index >= 15 is 0 Å². The quantitative estimate of drug-likeness (QED) is 0.605. The van der Waals surface area contributed by atoms with Gasteiger partial charge in [0.2, 0.25) is 6.79 Å². The van der Waals surface area contributed by atoms with Gasteiger partial charge in [-0.05, 0) is 42.8 Å². The first-order valence-electron chi connectivity index (χ1n) is 7.82. The number of thiazole rings is 1. The van der Waals surface area contributed by atoms with E-state index in [1.54, 1.807) is 17.5 Å². The van der Waals surface area contributed by atoms with Crippen LogP contribution >= 0.6 is 11.3 Å². The highest BCUT2D eigenvalue weighted by Gasteiger charge is 2.15. The second-order valence-corrected chi connectivity index (χ2v) is 6.54. The van der Waals surface area contributed by atoms with E-state index in [1.807, 2.05) is 25.1 Å². The number of phenolic OH excluding ortho intramolecular Hbond substituents is 1. The first-order valence-corrected chi connectivity index (χ1v) is 8.69. The van der Waals surface area contributed by atoms with Crippen molar-refractivity contribution in [2.75, 3.05) is 17.4 Å². The Kier molecular flexibility index (Phi) is 4.10. The van der Waals surface area contributed by atoms with Gasteiger partial charge < -0.3 is 25.2 Å². The molecule has 0 atom stereocenters. The van der Waals surface area contributed by atoms with E-state index in [1.165, 1.54) is 17.4 Å². The number of hydrogen-bond acceptors (Lipinski definition) is 7. The summed E-state index contributed by atoms with van der Waals surface area (Å²) in [6.07, 6.45) is 0. The van der Waals surface area contributed by atoms with Crippen molar-refractivity contribution in [1.82, 2.24) is 4.98 Å². The zero-order chi connectivity index (χ0) is 18.1. The summed E-state index contributed by atoms with van der Waals surface area (Å²) >= 11 is 1.33. The highest BCUT2D eigenvalue weighted by atomic mass is 32.1. The lowest BCUT2D eigenvalue weighted by Crippen LogP contribution is -2.13. The molecule has 3 N–H and O–H groups in total. The van der Waals surface area contributed by atoms with Gasteiger partial charge in [-0.25, -0.2) is 4.98 Å². The van der Waals surface area contributed by atoms with Crippen LogP contribution in [-0.2, 0) is 0 Å². The Morgan fingerprint density at radius 2 is 2.04 bits per heavy atom. The van der Waals surface area contributed by atoms with Crippen molar-refractivity contribution in [1.29, 1.82) is 0 Å². The second kappa shape index (κ2) is 6.57. The fourth-order valence-corrected chi connectivity index (χ4v) is 3.22. The SMILES string of the molecule is Cc1cc(O)ccc1NC(=O)c1csc(Nc2ccc3c(c2)OCO3)n1. The molecule has 2 heterocycles. The minimum Gasteiger partial charge on any atom is -0.508 e. The fourth-order valence-electron chi connectivity index (χ4n) is 2.51. The molecule has 0 unspecified atom stereocenters. The molecule has 1 aliphatic heterocycles. The molecule has 2 aromatic carbocycles. The third kappa shape index (κ3) is 3.27. The molecule has 7 nitrogen and oxygen atoms in total. The van der Waals surface area contributed by atoms with Crippen molar-refractivity contribution in [3.05, 3.63) is 53.0 Å². The number of carbonyl (C=O) groups excluding carboxylic acids is 1. The molecule has 3 aromatic rings. The molecule has 0 saturated carbocycles. The van der Waals surface area contributed by atoms with Gasteiger partial charge in [-0.15, -0.1) is 11.3 Å². The van der Waals surface area contributed by atoms with Gasteiger partial charge in [0.15, 0.2) is 16.6 Å². The summed E-state index contributed by atoms with van der Waals surface area (Å²) < 4.78 is 10.6. The highest BCUT2D eigenvalue weighted by molar-refractivity contribution is 7.14. The number of hydrogen-bond donors (Lipinski definition) is 3. The molecule has 1 aromatic heterocycles. The van der Waals surface area contributed by atoms with Crippen LogP contribution in [0.1, 0.15) is 16.1 Å². The van der Waals surface area contributed by atoms with Crippen LogP contribution in [0.2, 0.25) is 0 Å². The van der Waals surface area contributed by atoms with Crippen LogP contribution in [0.3, 0.4) is 0 Å². The summed E-state index contributed by atoms with van der Waals surface area (Å²) in [4.78, 5) is 16.7. The van der Waals surface area contributed by atoms with Crippen LogP contribution in [-0.4, -0.2) is 22.8 Å². The van der Waals surface area contributed by atoms with Gasteiger partial charge in [0.1, 0.15) is 11.4 Å². The smallest absolute Gasteiger partial charge is 0.275 e. The Labute approximate surface area is 153 Å². The number of ether oxygens (including phenoxy) is 2. The molecule has 0 aliphatic carbocycles.